The van der Waals surface area contributed by atoms with Gasteiger partial charge in [-0.15, -0.1) is 0 Å². The van der Waals surface area contributed by atoms with Crippen LogP contribution in [0.3, 0.4) is 0 Å². The fourth-order valence-corrected chi connectivity index (χ4v) is 3.56. The molecule has 146 valence electrons. The second-order valence-electron chi connectivity index (χ2n) is 6.72. The average molecular weight is 416 g/mol. The van der Waals surface area contributed by atoms with Crippen molar-refractivity contribution in [2.24, 2.45) is 5.92 Å². The first-order chi connectivity index (χ1) is 13.8. The van der Waals surface area contributed by atoms with Gasteiger partial charge in [0.25, 0.3) is 5.89 Å². The van der Waals surface area contributed by atoms with Crippen molar-refractivity contribution < 1.29 is 17.7 Å². The minimum absolute atomic E-state index is 0.0581. The van der Waals surface area contributed by atoms with Crippen molar-refractivity contribution in [1.29, 1.82) is 5.26 Å². The number of nitriles is 1. The van der Waals surface area contributed by atoms with E-state index in [0.29, 0.717) is 35.1 Å². The van der Waals surface area contributed by atoms with Gasteiger partial charge in [-0.2, -0.15) is 23.4 Å². The molecule has 1 aliphatic rings. The summed E-state index contributed by atoms with van der Waals surface area (Å²) in [6.07, 6.45) is -0.626. The minimum Gasteiger partial charge on any atom is -0.334 e. The van der Waals surface area contributed by atoms with Gasteiger partial charge in [0, 0.05) is 17.0 Å². The Labute approximate surface area is 169 Å². The number of allylic oxidation sites excluding steroid dienone is 1. The van der Waals surface area contributed by atoms with Crippen molar-refractivity contribution in [2.75, 3.05) is 0 Å². The zero-order chi connectivity index (χ0) is 20.6. The fraction of sp³-hybridized carbons (Fsp3) is 0.190. The van der Waals surface area contributed by atoms with Crippen LogP contribution in [0.2, 0.25) is 5.02 Å². The van der Waals surface area contributed by atoms with Gasteiger partial charge in [0.05, 0.1) is 17.2 Å². The molecule has 0 saturated carbocycles. The number of alkyl halides is 3. The van der Waals surface area contributed by atoms with E-state index in [2.05, 4.69) is 10.1 Å². The lowest BCUT2D eigenvalue weighted by atomic mass is 9.84. The van der Waals surface area contributed by atoms with Gasteiger partial charge in [-0.1, -0.05) is 35.0 Å². The molecule has 29 heavy (non-hydrogen) atoms. The van der Waals surface area contributed by atoms with Crippen molar-refractivity contribution in [3.63, 3.8) is 0 Å². The van der Waals surface area contributed by atoms with Crippen LogP contribution in [0.4, 0.5) is 13.2 Å². The number of halogens is 4. The third kappa shape index (κ3) is 3.89. The average Bonchev–Trinajstić information content (AvgIpc) is 3.15. The van der Waals surface area contributed by atoms with E-state index in [1.807, 2.05) is 0 Å². The maximum atomic E-state index is 13.4. The summed E-state index contributed by atoms with van der Waals surface area (Å²) in [5.41, 5.74) is 0.0893. The highest BCUT2D eigenvalue weighted by Crippen LogP contribution is 2.39. The molecule has 0 aliphatic heterocycles. The standard InChI is InChI=1S/C21H13ClF3N3O/c22-16-6-4-13(5-7-16)20-27-18(28-29-20)10-12-1-8-17-14(9-12)2-3-15(11-26)19(17)21(23,24)25/h1-8,12H,9-10H2. The molecule has 1 atom stereocenters. The first-order valence-corrected chi connectivity index (χ1v) is 9.13. The molecule has 0 saturated heterocycles. The van der Waals surface area contributed by atoms with E-state index >= 15 is 0 Å². The van der Waals surface area contributed by atoms with Crippen LogP contribution >= 0.6 is 11.6 Å². The third-order valence-electron chi connectivity index (χ3n) is 4.76. The van der Waals surface area contributed by atoms with Crippen LogP contribution in [-0.2, 0) is 19.0 Å². The van der Waals surface area contributed by atoms with Gasteiger partial charge >= 0.3 is 6.18 Å². The van der Waals surface area contributed by atoms with E-state index in [0.717, 1.165) is 5.56 Å². The summed E-state index contributed by atoms with van der Waals surface area (Å²) in [5.74, 6) is 0.750. The molecular formula is C21H13ClF3N3O. The predicted octanol–water partition coefficient (Wildman–Crippen LogP) is 5.71. The molecule has 1 aromatic heterocycles. The van der Waals surface area contributed by atoms with Gasteiger partial charge < -0.3 is 4.52 Å². The second kappa shape index (κ2) is 7.37. The Morgan fingerprint density at radius 1 is 1.17 bits per heavy atom. The molecule has 4 rings (SSSR count). The number of aromatic nitrogens is 2. The van der Waals surface area contributed by atoms with Crippen LogP contribution in [0.25, 0.3) is 17.5 Å². The van der Waals surface area contributed by atoms with E-state index in [9.17, 15) is 13.2 Å². The molecule has 0 radical (unpaired) electrons. The quantitative estimate of drug-likeness (QED) is 0.549. The lowest BCUT2D eigenvalue weighted by Crippen LogP contribution is -2.17. The highest BCUT2D eigenvalue weighted by molar-refractivity contribution is 6.30. The Kier molecular flexibility index (Phi) is 4.89. The zero-order valence-corrected chi connectivity index (χ0v) is 15.6. The van der Waals surface area contributed by atoms with Crippen LogP contribution in [-0.4, -0.2) is 10.1 Å². The highest BCUT2D eigenvalue weighted by Gasteiger charge is 2.37. The number of benzene rings is 2. The largest absolute Gasteiger partial charge is 0.418 e. The third-order valence-corrected chi connectivity index (χ3v) is 5.01. The van der Waals surface area contributed by atoms with E-state index < -0.39 is 11.7 Å². The Balaban J connectivity index is 1.56. The van der Waals surface area contributed by atoms with E-state index in [1.165, 1.54) is 12.1 Å². The van der Waals surface area contributed by atoms with Crippen LogP contribution in [0.15, 0.2) is 47.0 Å². The van der Waals surface area contributed by atoms with Gasteiger partial charge in [0.2, 0.25) is 0 Å². The molecular weight excluding hydrogens is 403 g/mol. The smallest absolute Gasteiger partial charge is 0.334 e. The lowest BCUT2D eigenvalue weighted by molar-refractivity contribution is -0.138. The minimum atomic E-state index is -4.59. The zero-order valence-electron chi connectivity index (χ0n) is 14.9. The molecule has 0 amide bonds. The van der Waals surface area contributed by atoms with Gasteiger partial charge in [-0.25, -0.2) is 0 Å². The van der Waals surface area contributed by atoms with Crippen LogP contribution in [0, 0.1) is 17.2 Å². The number of nitrogens with zero attached hydrogens (tertiary/aromatic N) is 3. The van der Waals surface area contributed by atoms with Crippen molar-refractivity contribution in [2.45, 2.75) is 19.0 Å². The van der Waals surface area contributed by atoms with Crippen LogP contribution < -0.4 is 0 Å². The number of rotatable bonds is 3. The maximum Gasteiger partial charge on any atom is 0.418 e. The summed E-state index contributed by atoms with van der Waals surface area (Å²) in [5, 5.41) is 13.6. The van der Waals surface area contributed by atoms with E-state index in [1.54, 1.807) is 42.5 Å². The number of hydrogen-bond donors (Lipinski definition) is 0. The van der Waals surface area contributed by atoms with E-state index in [4.69, 9.17) is 21.4 Å². The SMILES string of the molecule is N#Cc1ccc2c(c1C(F)(F)F)C=CC(Cc1noc(-c3ccc(Cl)cc3)n1)C2. The number of fused-ring (bicyclic) bond motifs is 1. The van der Waals surface area contributed by atoms with Crippen molar-refractivity contribution in [3.8, 4) is 17.5 Å². The van der Waals surface area contributed by atoms with Crippen LogP contribution in [0.1, 0.15) is 28.1 Å². The predicted molar refractivity (Wildman–Crippen MR) is 101 cm³/mol. The second-order valence-corrected chi connectivity index (χ2v) is 7.16. The van der Waals surface area contributed by atoms with E-state index in [-0.39, 0.29) is 17.0 Å². The Morgan fingerprint density at radius 3 is 2.62 bits per heavy atom. The molecule has 1 aliphatic carbocycles. The summed E-state index contributed by atoms with van der Waals surface area (Å²) in [6, 6.07) is 11.4. The first kappa shape index (κ1) is 19.2. The number of hydrogen-bond acceptors (Lipinski definition) is 4. The monoisotopic (exact) mass is 415 g/mol. The summed E-state index contributed by atoms with van der Waals surface area (Å²) in [4.78, 5) is 4.37. The van der Waals surface area contributed by atoms with Crippen molar-refractivity contribution >= 4 is 17.7 Å². The molecule has 0 fully saturated rings. The molecule has 0 N–H and O–H groups in total. The summed E-state index contributed by atoms with van der Waals surface area (Å²) < 4.78 is 45.6. The van der Waals surface area contributed by atoms with Crippen molar-refractivity contribution in [3.05, 3.63) is 75.6 Å². The van der Waals surface area contributed by atoms with Gasteiger partial charge in [0.1, 0.15) is 0 Å². The maximum absolute atomic E-state index is 13.4. The normalized spacial score (nSPS) is 15.8. The summed E-state index contributed by atoms with van der Waals surface area (Å²) in [6.45, 7) is 0. The molecule has 0 spiro atoms. The summed E-state index contributed by atoms with van der Waals surface area (Å²) >= 11 is 5.87. The Hall–Kier alpha value is -3.11. The van der Waals surface area contributed by atoms with Gasteiger partial charge in [-0.05, 0) is 53.8 Å². The van der Waals surface area contributed by atoms with Gasteiger partial charge in [-0.3, -0.25) is 0 Å². The molecule has 8 heteroatoms. The van der Waals surface area contributed by atoms with Crippen molar-refractivity contribution in [1.82, 2.24) is 10.1 Å². The molecule has 1 unspecified atom stereocenters. The molecule has 2 aromatic carbocycles. The molecule has 0 bridgehead atoms. The molecule has 1 heterocycles. The summed E-state index contributed by atoms with van der Waals surface area (Å²) in [7, 11) is 0. The lowest BCUT2D eigenvalue weighted by Gasteiger charge is -2.22. The molecule has 3 aromatic rings. The Morgan fingerprint density at radius 2 is 1.93 bits per heavy atom. The highest BCUT2D eigenvalue weighted by atomic mass is 35.5. The molecule has 4 nitrogen and oxygen atoms in total. The first-order valence-electron chi connectivity index (χ1n) is 8.75. The Bertz CT molecular complexity index is 1130. The van der Waals surface area contributed by atoms with Gasteiger partial charge in [0.15, 0.2) is 5.82 Å². The topological polar surface area (TPSA) is 62.7 Å². The fourth-order valence-electron chi connectivity index (χ4n) is 3.43. The van der Waals surface area contributed by atoms with Crippen LogP contribution in [0.5, 0.6) is 0 Å².